The summed E-state index contributed by atoms with van der Waals surface area (Å²) in [6, 6.07) is 7.30. The van der Waals surface area contributed by atoms with Crippen molar-refractivity contribution in [3.63, 3.8) is 0 Å². The average Bonchev–Trinajstić information content (AvgIpc) is 2.45. The molecule has 0 atom stereocenters. The van der Waals surface area contributed by atoms with Crippen molar-refractivity contribution in [3.05, 3.63) is 35.4 Å². The van der Waals surface area contributed by atoms with Crippen LogP contribution in [0.25, 0.3) is 0 Å². The lowest BCUT2D eigenvalue weighted by Crippen LogP contribution is -2.34. The van der Waals surface area contributed by atoms with E-state index in [-0.39, 0.29) is 12.1 Å². The van der Waals surface area contributed by atoms with Gasteiger partial charge in [-0.2, -0.15) is 0 Å². The Kier molecular flexibility index (Phi) is 6.40. The van der Waals surface area contributed by atoms with Gasteiger partial charge in [-0.05, 0) is 51.3 Å². The molecule has 0 spiro atoms. The number of hydrogen-bond donors (Lipinski definition) is 0. The largest absolute Gasteiger partial charge is 0.465 e. The Balaban J connectivity index is 2.41. The Labute approximate surface area is 132 Å². The number of esters is 1. The summed E-state index contributed by atoms with van der Waals surface area (Å²) in [7, 11) is 3.09. The van der Waals surface area contributed by atoms with E-state index in [1.165, 1.54) is 7.11 Å². The molecular weight excluding hydrogens is 282 g/mol. The fourth-order valence-corrected chi connectivity index (χ4v) is 1.88. The molecule has 0 heterocycles. The first-order valence-electron chi connectivity index (χ1n) is 7.34. The summed E-state index contributed by atoms with van der Waals surface area (Å²) < 4.78 is 9.95. The van der Waals surface area contributed by atoms with E-state index in [1.54, 1.807) is 24.1 Å². The second-order valence-electron chi connectivity index (χ2n) is 6.19. The van der Waals surface area contributed by atoms with Crippen LogP contribution in [-0.4, -0.2) is 43.3 Å². The maximum absolute atomic E-state index is 11.8. The van der Waals surface area contributed by atoms with Gasteiger partial charge in [0.25, 0.3) is 0 Å². The molecule has 0 aliphatic heterocycles. The van der Waals surface area contributed by atoms with Crippen molar-refractivity contribution in [3.8, 4) is 0 Å². The van der Waals surface area contributed by atoms with Crippen molar-refractivity contribution in [2.45, 2.75) is 39.2 Å². The van der Waals surface area contributed by atoms with E-state index in [0.717, 1.165) is 18.4 Å². The lowest BCUT2D eigenvalue weighted by atomic mass is 10.1. The summed E-state index contributed by atoms with van der Waals surface area (Å²) in [4.78, 5) is 24.7. The molecule has 0 saturated heterocycles. The molecule has 1 rings (SSSR count). The zero-order valence-electron chi connectivity index (χ0n) is 14.0. The first kappa shape index (κ1) is 18.0. The Morgan fingerprint density at radius 1 is 1.14 bits per heavy atom. The van der Waals surface area contributed by atoms with Gasteiger partial charge >= 0.3 is 12.1 Å². The number of benzene rings is 1. The van der Waals surface area contributed by atoms with Crippen molar-refractivity contribution < 1.29 is 19.1 Å². The molecular formula is C17H25NO4. The van der Waals surface area contributed by atoms with E-state index < -0.39 is 5.60 Å². The van der Waals surface area contributed by atoms with Crippen molar-refractivity contribution in [2.75, 3.05) is 20.7 Å². The van der Waals surface area contributed by atoms with Crippen LogP contribution in [0.1, 0.15) is 43.1 Å². The van der Waals surface area contributed by atoms with Gasteiger partial charge in [-0.25, -0.2) is 9.59 Å². The molecule has 0 unspecified atom stereocenters. The van der Waals surface area contributed by atoms with Crippen molar-refractivity contribution >= 4 is 12.1 Å². The number of amides is 1. The first-order valence-corrected chi connectivity index (χ1v) is 7.34. The highest BCUT2D eigenvalue weighted by Gasteiger charge is 2.19. The Bertz CT molecular complexity index is 502. The van der Waals surface area contributed by atoms with E-state index >= 15 is 0 Å². The lowest BCUT2D eigenvalue weighted by Gasteiger charge is -2.24. The van der Waals surface area contributed by atoms with E-state index in [2.05, 4.69) is 4.74 Å². The van der Waals surface area contributed by atoms with E-state index in [4.69, 9.17) is 4.74 Å². The van der Waals surface area contributed by atoms with Crippen LogP contribution in [-0.2, 0) is 15.9 Å². The molecule has 1 amide bonds. The summed E-state index contributed by atoms with van der Waals surface area (Å²) in [5, 5.41) is 0. The number of aryl methyl sites for hydroxylation is 1. The van der Waals surface area contributed by atoms with Crippen LogP contribution in [0.3, 0.4) is 0 Å². The van der Waals surface area contributed by atoms with Gasteiger partial charge in [0.1, 0.15) is 5.60 Å². The van der Waals surface area contributed by atoms with Gasteiger partial charge in [0.05, 0.1) is 12.7 Å². The van der Waals surface area contributed by atoms with Crippen LogP contribution >= 0.6 is 0 Å². The van der Waals surface area contributed by atoms with E-state index in [9.17, 15) is 9.59 Å². The molecule has 22 heavy (non-hydrogen) atoms. The summed E-state index contributed by atoms with van der Waals surface area (Å²) in [5.74, 6) is -0.337. The molecule has 0 radical (unpaired) electrons. The predicted octanol–water partition coefficient (Wildman–Crippen LogP) is 3.27. The van der Waals surface area contributed by atoms with Crippen molar-refractivity contribution in [2.24, 2.45) is 0 Å². The molecule has 1 aromatic rings. The predicted molar refractivity (Wildman–Crippen MR) is 85.0 cm³/mol. The Morgan fingerprint density at radius 2 is 1.73 bits per heavy atom. The lowest BCUT2D eigenvalue weighted by molar-refractivity contribution is 0.0297. The number of carbonyl (C=O) groups excluding carboxylic acids is 2. The molecule has 0 fully saturated rings. The third-order valence-corrected chi connectivity index (χ3v) is 3.04. The minimum Gasteiger partial charge on any atom is -0.465 e. The summed E-state index contributed by atoms with van der Waals surface area (Å²) in [5.41, 5.74) is 1.18. The first-order chi connectivity index (χ1) is 10.2. The highest BCUT2D eigenvalue weighted by molar-refractivity contribution is 5.89. The molecule has 1 aromatic carbocycles. The average molecular weight is 307 g/mol. The molecule has 5 heteroatoms. The monoisotopic (exact) mass is 307 g/mol. The van der Waals surface area contributed by atoms with Crippen LogP contribution in [0.15, 0.2) is 24.3 Å². The second-order valence-corrected chi connectivity index (χ2v) is 6.19. The maximum atomic E-state index is 11.8. The zero-order valence-corrected chi connectivity index (χ0v) is 14.0. The second kappa shape index (κ2) is 7.82. The quantitative estimate of drug-likeness (QED) is 0.783. The molecule has 0 aromatic heterocycles. The van der Waals surface area contributed by atoms with Gasteiger partial charge in [0, 0.05) is 13.6 Å². The topological polar surface area (TPSA) is 55.8 Å². The summed E-state index contributed by atoms with van der Waals surface area (Å²) in [6.45, 7) is 6.17. The third-order valence-electron chi connectivity index (χ3n) is 3.04. The highest BCUT2D eigenvalue weighted by Crippen LogP contribution is 2.11. The number of rotatable bonds is 5. The number of hydrogen-bond acceptors (Lipinski definition) is 4. The van der Waals surface area contributed by atoms with Crippen molar-refractivity contribution in [1.82, 2.24) is 4.90 Å². The smallest absolute Gasteiger partial charge is 0.410 e. The van der Waals surface area contributed by atoms with E-state index in [1.807, 2.05) is 32.9 Å². The van der Waals surface area contributed by atoms with Crippen LogP contribution in [0.5, 0.6) is 0 Å². The molecule has 0 N–H and O–H groups in total. The highest BCUT2D eigenvalue weighted by atomic mass is 16.6. The summed E-state index contributed by atoms with van der Waals surface area (Å²) in [6.07, 6.45) is 1.34. The molecule has 0 aliphatic carbocycles. The molecule has 0 aliphatic rings. The number of carbonyl (C=O) groups is 2. The fraction of sp³-hybridized carbons (Fsp3) is 0.529. The standard InChI is InChI=1S/C17H25NO4/c1-17(2,3)22-16(20)18(4)12-6-7-13-8-10-14(11-9-13)15(19)21-5/h8-11H,6-7,12H2,1-5H3. The van der Waals surface area contributed by atoms with Gasteiger partial charge < -0.3 is 14.4 Å². The van der Waals surface area contributed by atoms with Crippen LogP contribution < -0.4 is 0 Å². The maximum Gasteiger partial charge on any atom is 0.410 e. The molecule has 122 valence electrons. The zero-order chi connectivity index (χ0) is 16.8. The number of nitrogens with zero attached hydrogens (tertiary/aromatic N) is 1. The number of ether oxygens (including phenoxy) is 2. The fourth-order valence-electron chi connectivity index (χ4n) is 1.88. The van der Waals surface area contributed by atoms with Crippen molar-refractivity contribution in [1.29, 1.82) is 0 Å². The minimum absolute atomic E-state index is 0.312. The minimum atomic E-state index is -0.477. The van der Waals surface area contributed by atoms with Gasteiger partial charge in [-0.1, -0.05) is 12.1 Å². The molecule has 5 nitrogen and oxygen atoms in total. The third kappa shape index (κ3) is 6.16. The van der Waals surface area contributed by atoms with Gasteiger partial charge in [0.2, 0.25) is 0 Å². The van der Waals surface area contributed by atoms with Crippen LogP contribution in [0.2, 0.25) is 0 Å². The Hall–Kier alpha value is -2.04. The van der Waals surface area contributed by atoms with E-state index in [0.29, 0.717) is 12.1 Å². The normalized spacial score (nSPS) is 11.0. The summed E-state index contributed by atoms with van der Waals surface area (Å²) >= 11 is 0. The number of methoxy groups -OCH3 is 1. The molecule has 0 saturated carbocycles. The Morgan fingerprint density at radius 3 is 2.23 bits per heavy atom. The van der Waals surface area contributed by atoms with Gasteiger partial charge in [0.15, 0.2) is 0 Å². The van der Waals surface area contributed by atoms with Crippen LogP contribution in [0, 0.1) is 0 Å². The van der Waals surface area contributed by atoms with Crippen LogP contribution in [0.4, 0.5) is 4.79 Å². The van der Waals surface area contributed by atoms with Gasteiger partial charge in [-0.3, -0.25) is 0 Å². The SMILES string of the molecule is COC(=O)c1ccc(CCCN(C)C(=O)OC(C)(C)C)cc1. The molecule has 0 bridgehead atoms. The van der Waals surface area contributed by atoms with Gasteiger partial charge in [-0.15, -0.1) is 0 Å².